The van der Waals surface area contributed by atoms with Crippen LogP contribution in [-0.4, -0.2) is 23.2 Å². The van der Waals surface area contributed by atoms with Crippen LogP contribution in [0.4, 0.5) is 0 Å². The SMILES string of the molecule is O[Si](O)(O)C1CCC1. The molecule has 1 aliphatic carbocycles. The third kappa shape index (κ3) is 1.08. The van der Waals surface area contributed by atoms with Crippen LogP contribution >= 0.6 is 0 Å². The van der Waals surface area contributed by atoms with E-state index >= 15 is 0 Å². The maximum absolute atomic E-state index is 8.59. The highest BCUT2D eigenvalue weighted by molar-refractivity contribution is 6.58. The lowest BCUT2D eigenvalue weighted by molar-refractivity contribution is 0.186. The second-order valence-corrected chi connectivity index (χ2v) is 4.51. The molecule has 0 radical (unpaired) electrons. The van der Waals surface area contributed by atoms with Crippen molar-refractivity contribution in [3.63, 3.8) is 0 Å². The number of rotatable bonds is 1. The van der Waals surface area contributed by atoms with Crippen LogP contribution < -0.4 is 0 Å². The predicted octanol–water partition coefficient (Wildman–Crippen LogP) is -0.544. The van der Waals surface area contributed by atoms with Crippen LogP contribution in [0.3, 0.4) is 0 Å². The Kier molecular flexibility index (Phi) is 1.40. The van der Waals surface area contributed by atoms with E-state index in [1.54, 1.807) is 0 Å². The van der Waals surface area contributed by atoms with Gasteiger partial charge in [0.15, 0.2) is 0 Å². The molecule has 8 heavy (non-hydrogen) atoms. The summed E-state index contributed by atoms with van der Waals surface area (Å²) in [5.74, 6) is 0. The molecule has 0 aromatic carbocycles. The summed E-state index contributed by atoms with van der Waals surface area (Å²) in [6.07, 6.45) is 2.60. The summed E-state index contributed by atoms with van der Waals surface area (Å²) < 4.78 is 0. The summed E-state index contributed by atoms with van der Waals surface area (Å²) in [5.41, 5.74) is -0.164. The van der Waals surface area contributed by atoms with Gasteiger partial charge in [-0.25, -0.2) is 0 Å². The van der Waals surface area contributed by atoms with Crippen molar-refractivity contribution in [2.75, 3.05) is 0 Å². The van der Waals surface area contributed by atoms with Gasteiger partial charge in [0.25, 0.3) is 0 Å². The average Bonchev–Trinajstić information content (AvgIpc) is 1.16. The minimum absolute atomic E-state index is 0.164. The zero-order valence-corrected chi connectivity index (χ0v) is 5.54. The highest BCUT2D eigenvalue weighted by atomic mass is 28.4. The van der Waals surface area contributed by atoms with Crippen molar-refractivity contribution in [3.05, 3.63) is 0 Å². The zero-order valence-electron chi connectivity index (χ0n) is 4.54. The van der Waals surface area contributed by atoms with E-state index in [0.717, 1.165) is 19.3 Å². The first-order valence-corrected chi connectivity index (χ1v) is 4.69. The Balaban J connectivity index is 2.34. The molecule has 0 heterocycles. The van der Waals surface area contributed by atoms with Gasteiger partial charge in [-0.1, -0.05) is 6.42 Å². The lowest BCUT2D eigenvalue weighted by Gasteiger charge is -2.29. The fraction of sp³-hybridized carbons (Fsp3) is 1.00. The Hall–Kier alpha value is 0.0969. The first-order chi connectivity index (χ1) is 3.61. The molecule has 0 aromatic rings. The van der Waals surface area contributed by atoms with Crippen LogP contribution in [0.2, 0.25) is 5.54 Å². The molecule has 0 spiro atoms. The summed E-state index contributed by atoms with van der Waals surface area (Å²) in [6.45, 7) is 0. The van der Waals surface area contributed by atoms with Gasteiger partial charge in [-0.15, -0.1) is 0 Å². The number of hydrogen-bond acceptors (Lipinski definition) is 3. The van der Waals surface area contributed by atoms with Gasteiger partial charge in [0.1, 0.15) is 0 Å². The van der Waals surface area contributed by atoms with Crippen molar-refractivity contribution in [2.24, 2.45) is 0 Å². The Morgan fingerprint density at radius 3 is 1.62 bits per heavy atom. The quantitative estimate of drug-likeness (QED) is 0.422. The van der Waals surface area contributed by atoms with Gasteiger partial charge >= 0.3 is 8.80 Å². The van der Waals surface area contributed by atoms with Crippen molar-refractivity contribution in [1.29, 1.82) is 0 Å². The average molecular weight is 134 g/mol. The zero-order chi connectivity index (χ0) is 6.20. The van der Waals surface area contributed by atoms with Crippen molar-refractivity contribution in [1.82, 2.24) is 0 Å². The lowest BCUT2D eigenvalue weighted by atomic mass is 10.00. The van der Waals surface area contributed by atoms with Crippen LogP contribution in [0, 0.1) is 0 Å². The largest absolute Gasteiger partial charge is 0.496 e. The first kappa shape index (κ1) is 6.22. The van der Waals surface area contributed by atoms with E-state index < -0.39 is 8.80 Å². The fourth-order valence-corrected chi connectivity index (χ4v) is 1.98. The molecule has 48 valence electrons. The van der Waals surface area contributed by atoms with Gasteiger partial charge in [0.2, 0.25) is 0 Å². The fourth-order valence-electron chi connectivity index (χ4n) is 0.796. The second kappa shape index (κ2) is 1.80. The topological polar surface area (TPSA) is 60.7 Å². The number of hydrogen-bond donors (Lipinski definition) is 3. The van der Waals surface area contributed by atoms with Gasteiger partial charge in [-0.05, 0) is 12.8 Å². The summed E-state index contributed by atoms with van der Waals surface area (Å²) >= 11 is 0. The lowest BCUT2D eigenvalue weighted by Crippen LogP contribution is -2.43. The van der Waals surface area contributed by atoms with Gasteiger partial charge in [-0.3, -0.25) is 0 Å². The van der Waals surface area contributed by atoms with Gasteiger partial charge in [-0.2, -0.15) is 0 Å². The summed E-state index contributed by atoms with van der Waals surface area (Å²) in [7, 11) is -3.67. The third-order valence-corrected chi connectivity index (χ3v) is 3.33. The molecular formula is C4H10O3Si. The van der Waals surface area contributed by atoms with Crippen molar-refractivity contribution < 1.29 is 14.4 Å². The summed E-state index contributed by atoms with van der Waals surface area (Å²) in [6, 6.07) is 0. The summed E-state index contributed by atoms with van der Waals surface area (Å²) in [4.78, 5) is 25.8. The minimum atomic E-state index is -3.67. The normalized spacial score (nSPS) is 22.9. The standard InChI is InChI=1S/C4H10O3Si/c5-8(6,7)4-2-1-3-4/h4-7H,1-3H2. The van der Waals surface area contributed by atoms with Crippen LogP contribution in [-0.2, 0) is 0 Å². The van der Waals surface area contributed by atoms with Crippen LogP contribution in [0.1, 0.15) is 19.3 Å². The molecule has 3 nitrogen and oxygen atoms in total. The molecule has 1 saturated carbocycles. The molecule has 0 atom stereocenters. The molecule has 0 amide bonds. The van der Waals surface area contributed by atoms with E-state index in [2.05, 4.69) is 0 Å². The maximum atomic E-state index is 8.59. The van der Waals surface area contributed by atoms with E-state index in [1.165, 1.54) is 0 Å². The van der Waals surface area contributed by atoms with E-state index in [0.29, 0.717) is 0 Å². The van der Waals surface area contributed by atoms with Crippen molar-refractivity contribution in [2.45, 2.75) is 24.8 Å². The third-order valence-electron chi connectivity index (χ3n) is 1.65. The molecule has 4 heteroatoms. The Morgan fingerprint density at radius 1 is 1.12 bits per heavy atom. The van der Waals surface area contributed by atoms with E-state index in [1.807, 2.05) is 0 Å². The van der Waals surface area contributed by atoms with Crippen molar-refractivity contribution in [3.8, 4) is 0 Å². The smallest absolute Gasteiger partial charge is 0.390 e. The minimum Gasteiger partial charge on any atom is -0.390 e. The molecule has 1 aliphatic rings. The molecule has 1 fully saturated rings. The molecule has 0 unspecified atom stereocenters. The molecular weight excluding hydrogens is 124 g/mol. The van der Waals surface area contributed by atoms with E-state index in [-0.39, 0.29) is 5.54 Å². The van der Waals surface area contributed by atoms with Gasteiger partial charge in [0.05, 0.1) is 0 Å². The second-order valence-electron chi connectivity index (χ2n) is 2.32. The molecule has 0 saturated heterocycles. The molecule has 0 aliphatic heterocycles. The Morgan fingerprint density at radius 2 is 1.62 bits per heavy atom. The van der Waals surface area contributed by atoms with Crippen LogP contribution in [0.5, 0.6) is 0 Å². The highest BCUT2D eigenvalue weighted by Gasteiger charge is 2.42. The Bertz CT molecular complexity index is 83.8. The van der Waals surface area contributed by atoms with Gasteiger partial charge in [0, 0.05) is 5.54 Å². The predicted molar refractivity (Wildman–Crippen MR) is 30.0 cm³/mol. The van der Waals surface area contributed by atoms with E-state index in [9.17, 15) is 0 Å². The van der Waals surface area contributed by atoms with Gasteiger partial charge < -0.3 is 14.4 Å². The van der Waals surface area contributed by atoms with Crippen molar-refractivity contribution >= 4 is 8.80 Å². The van der Waals surface area contributed by atoms with Crippen LogP contribution in [0.15, 0.2) is 0 Å². The maximum Gasteiger partial charge on any atom is 0.496 e. The molecule has 0 aromatic heterocycles. The Labute approximate surface area is 49.0 Å². The molecule has 3 N–H and O–H groups in total. The summed E-state index contributed by atoms with van der Waals surface area (Å²) in [5, 5.41) is 0. The van der Waals surface area contributed by atoms with Crippen LogP contribution in [0.25, 0.3) is 0 Å². The highest BCUT2D eigenvalue weighted by Crippen LogP contribution is 2.36. The van der Waals surface area contributed by atoms with E-state index in [4.69, 9.17) is 14.4 Å². The monoisotopic (exact) mass is 134 g/mol. The molecule has 0 bridgehead atoms. The first-order valence-electron chi connectivity index (χ1n) is 2.78. The molecule has 1 rings (SSSR count).